The Balaban J connectivity index is 1.94. The maximum atomic E-state index is 12.6. The number of ether oxygens (including phenoxy) is 1. The van der Waals surface area contributed by atoms with Crippen molar-refractivity contribution in [3.05, 3.63) is 45.6 Å². The molecule has 0 saturated carbocycles. The summed E-state index contributed by atoms with van der Waals surface area (Å²) < 4.78 is 6.61. The molecule has 4 atom stereocenters. The van der Waals surface area contributed by atoms with E-state index >= 15 is 0 Å². The zero-order valence-corrected chi connectivity index (χ0v) is 15.4. The second-order valence-corrected chi connectivity index (χ2v) is 7.77. The lowest BCUT2D eigenvalue weighted by molar-refractivity contribution is -0.132. The maximum Gasteiger partial charge on any atom is 0.321 e. The number of nitriles is 1. The molecule has 2 saturated heterocycles. The van der Waals surface area contributed by atoms with Gasteiger partial charge in [-0.05, 0) is 24.1 Å². The van der Waals surface area contributed by atoms with Crippen LogP contribution in [0.5, 0.6) is 0 Å². The standard InChI is InChI=1S/C18H17BrN4O3/c19-10-3-1-9(2-4-10)13-11(7-20)15(21)14-16(24)22-17(25)23-18(14)5-6-26-8-12(13)18/h1-4,12-14H,5-6,8,21H2,(H2,22,23,24,25)/t12-,13+,14-,18-/m1/s1. The number of amides is 3. The number of carbonyl (C=O) groups is 2. The Morgan fingerprint density at radius 1 is 1.31 bits per heavy atom. The molecule has 3 amide bonds. The van der Waals surface area contributed by atoms with Crippen LogP contribution in [0.4, 0.5) is 4.79 Å². The summed E-state index contributed by atoms with van der Waals surface area (Å²) in [6.45, 7) is 0.756. The highest BCUT2D eigenvalue weighted by molar-refractivity contribution is 9.10. The first kappa shape index (κ1) is 17.1. The minimum absolute atomic E-state index is 0.232. The van der Waals surface area contributed by atoms with Crippen molar-refractivity contribution in [2.75, 3.05) is 13.2 Å². The smallest absolute Gasteiger partial charge is 0.321 e. The quantitative estimate of drug-likeness (QED) is 0.641. The van der Waals surface area contributed by atoms with Crippen LogP contribution in [0.2, 0.25) is 0 Å². The topological polar surface area (TPSA) is 117 Å². The molecule has 0 bridgehead atoms. The zero-order chi connectivity index (χ0) is 18.5. The van der Waals surface area contributed by atoms with Gasteiger partial charge in [0.05, 0.1) is 23.8 Å². The number of halogens is 1. The monoisotopic (exact) mass is 416 g/mol. The van der Waals surface area contributed by atoms with Gasteiger partial charge in [0.1, 0.15) is 5.92 Å². The SMILES string of the molecule is N#CC1=C(N)[C@@H]2C(=O)NC(=O)N[C@@]23CCOC[C@@H]3[C@H]1c1ccc(Br)cc1. The average molecular weight is 417 g/mol. The molecule has 1 aromatic carbocycles. The van der Waals surface area contributed by atoms with Crippen LogP contribution in [-0.2, 0) is 9.53 Å². The van der Waals surface area contributed by atoms with E-state index in [0.717, 1.165) is 10.0 Å². The van der Waals surface area contributed by atoms with Crippen LogP contribution < -0.4 is 16.4 Å². The number of nitrogens with zero attached hydrogens (tertiary/aromatic N) is 1. The lowest BCUT2D eigenvalue weighted by atomic mass is 9.57. The number of imide groups is 1. The molecule has 1 aliphatic carbocycles. The summed E-state index contributed by atoms with van der Waals surface area (Å²) >= 11 is 3.42. The zero-order valence-electron chi connectivity index (χ0n) is 13.8. The van der Waals surface area contributed by atoms with Gasteiger partial charge >= 0.3 is 6.03 Å². The second-order valence-electron chi connectivity index (χ2n) is 6.86. The molecule has 2 heterocycles. The van der Waals surface area contributed by atoms with E-state index in [2.05, 4.69) is 32.6 Å². The number of nitrogens with one attached hydrogen (secondary N) is 2. The lowest BCUT2D eigenvalue weighted by Gasteiger charge is -2.55. The number of nitrogens with two attached hydrogens (primary N) is 1. The third-order valence-electron chi connectivity index (χ3n) is 5.66. The van der Waals surface area contributed by atoms with Gasteiger partial charge in [0, 0.05) is 28.6 Å². The first-order valence-corrected chi connectivity index (χ1v) is 9.13. The maximum absolute atomic E-state index is 12.6. The van der Waals surface area contributed by atoms with Gasteiger partial charge in [-0.25, -0.2) is 4.79 Å². The van der Waals surface area contributed by atoms with Crippen molar-refractivity contribution in [3.63, 3.8) is 0 Å². The number of carbonyl (C=O) groups excluding carboxylic acids is 2. The normalized spacial score (nSPS) is 33.5. The van der Waals surface area contributed by atoms with Gasteiger partial charge in [-0.3, -0.25) is 10.1 Å². The number of hydrogen-bond acceptors (Lipinski definition) is 5. The van der Waals surface area contributed by atoms with E-state index in [9.17, 15) is 14.9 Å². The Morgan fingerprint density at radius 2 is 2.04 bits per heavy atom. The molecule has 7 nitrogen and oxygen atoms in total. The van der Waals surface area contributed by atoms with E-state index < -0.39 is 23.4 Å². The number of urea groups is 1. The molecule has 4 rings (SSSR count). The highest BCUT2D eigenvalue weighted by Gasteiger charge is 2.61. The predicted molar refractivity (Wildman–Crippen MR) is 95.5 cm³/mol. The molecule has 2 fully saturated rings. The van der Waals surface area contributed by atoms with Crippen molar-refractivity contribution < 1.29 is 14.3 Å². The van der Waals surface area contributed by atoms with Crippen molar-refractivity contribution in [1.29, 1.82) is 5.26 Å². The van der Waals surface area contributed by atoms with Crippen molar-refractivity contribution in [2.45, 2.75) is 17.9 Å². The van der Waals surface area contributed by atoms with E-state index in [1.807, 2.05) is 24.3 Å². The molecule has 1 aromatic rings. The number of hydrogen-bond donors (Lipinski definition) is 3. The van der Waals surface area contributed by atoms with Crippen LogP contribution >= 0.6 is 15.9 Å². The highest BCUT2D eigenvalue weighted by Crippen LogP contribution is 2.52. The summed E-state index contributed by atoms with van der Waals surface area (Å²) in [5.74, 6) is -1.84. The summed E-state index contributed by atoms with van der Waals surface area (Å²) in [6, 6.07) is 9.32. The molecule has 1 spiro atoms. The van der Waals surface area contributed by atoms with E-state index in [-0.39, 0.29) is 17.5 Å². The Kier molecular flexibility index (Phi) is 4.01. The summed E-state index contributed by atoms with van der Waals surface area (Å²) in [5.41, 5.74) is 6.99. The van der Waals surface area contributed by atoms with Gasteiger partial charge in [0.25, 0.3) is 0 Å². The highest BCUT2D eigenvalue weighted by atomic mass is 79.9. The van der Waals surface area contributed by atoms with Crippen LogP contribution in [-0.4, -0.2) is 30.7 Å². The Morgan fingerprint density at radius 3 is 2.73 bits per heavy atom. The third-order valence-corrected chi connectivity index (χ3v) is 6.19. The minimum Gasteiger partial charge on any atom is -0.400 e. The fraction of sp³-hybridized carbons (Fsp3) is 0.389. The first-order valence-electron chi connectivity index (χ1n) is 8.34. The first-order chi connectivity index (χ1) is 12.5. The molecular weight excluding hydrogens is 400 g/mol. The molecule has 26 heavy (non-hydrogen) atoms. The molecule has 4 N–H and O–H groups in total. The third kappa shape index (κ3) is 2.35. The summed E-state index contributed by atoms with van der Waals surface area (Å²) in [5, 5.41) is 15.1. The van der Waals surface area contributed by atoms with Crippen molar-refractivity contribution in [2.24, 2.45) is 17.6 Å². The molecule has 3 aliphatic rings. The molecule has 8 heteroatoms. The molecule has 134 valence electrons. The van der Waals surface area contributed by atoms with Gasteiger partial charge in [-0.1, -0.05) is 28.1 Å². The van der Waals surface area contributed by atoms with Crippen LogP contribution in [0.3, 0.4) is 0 Å². The van der Waals surface area contributed by atoms with Gasteiger partial charge in [-0.2, -0.15) is 5.26 Å². The number of rotatable bonds is 1. The van der Waals surface area contributed by atoms with Gasteiger partial charge in [-0.15, -0.1) is 0 Å². The van der Waals surface area contributed by atoms with E-state index in [1.165, 1.54) is 0 Å². The Labute approximate surface area is 158 Å². The summed E-state index contributed by atoms with van der Waals surface area (Å²) in [7, 11) is 0. The van der Waals surface area contributed by atoms with Crippen LogP contribution in [0.25, 0.3) is 0 Å². The average Bonchev–Trinajstić information content (AvgIpc) is 2.60. The van der Waals surface area contributed by atoms with Gasteiger partial charge < -0.3 is 15.8 Å². The minimum atomic E-state index is -0.847. The summed E-state index contributed by atoms with van der Waals surface area (Å²) in [4.78, 5) is 24.7. The van der Waals surface area contributed by atoms with Crippen LogP contribution in [0.15, 0.2) is 40.0 Å². The largest absolute Gasteiger partial charge is 0.400 e. The lowest BCUT2D eigenvalue weighted by Crippen LogP contribution is -2.74. The summed E-state index contributed by atoms with van der Waals surface area (Å²) in [6.07, 6.45) is 0.466. The van der Waals surface area contributed by atoms with Gasteiger partial charge in [0.15, 0.2) is 0 Å². The predicted octanol–water partition coefficient (Wildman–Crippen LogP) is 1.51. The molecule has 0 radical (unpaired) electrons. The van der Waals surface area contributed by atoms with Crippen molar-refractivity contribution in [1.82, 2.24) is 10.6 Å². The number of allylic oxidation sites excluding steroid dienone is 1. The van der Waals surface area contributed by atoms with E-state index in [0.29, 0.717) is 25.2 Å². The Hall–Kier alpha value is -2.37. The molecule has 0 aromatic heterocycles. The van der Waals surface area contributed by atoms with E-state index in [4.69, 9.17) is 10.5 Å². The number of benzene rings is 1. The van der Waals surface area contributed by atoms with Crippen LogP contribution in [0.1, 0.15) is 17.9 Å². The van der Waals surface area contributed by atoms with Crippen molar-refractivity contribution in [3.8, 4) is 6.07 Å². The van der Waals surface area contributed by atoms with Gasteiger partial charge in [0.2, 0.25) is 5.91 Å². The fourth-order valence-electron chi connectivity index (χ4n) is 4.58. The second kappa shape index (κ2) is 6.11. The molecular formula is C18H17BrN4O3. The van der Waals surface area contributed by atoms with Crippen molar-refractivity contribution >= 4 is 27.9 Å². The Bertz CT molecular complexity index is 860. The van der Waals surface area contributed by atoms with Crippen LogP contribution in [0, 0.1) is 23.2 Å². The van der Waals surface area contributed by atoms with E-state index in [1.54, 1.807) is 0 Å². The fourth-order valence-corrected chi connectivity index (χ4v) is 4.85. The molecule has 2 aliphatic heterocycles. The molecule has 0 unspecified atom stereocenters.